The molecule has 0 saturated heterocycles. The summed E-state index contributed by atoms with van der Waals surface area (Å²) in [7, 11) is 0. The van der Waals surface area contributed by atoms with Gasteiger partial charge in [-0.15, -0.1) is 0 Å². The van der Waals surface area contributed by atoms with Crippen molar-refractivity contribution in [1.82, 2.24) is 14.9 Å². The molecule has 0 aliphatic carbocycles. The van der Waals surface area contributed by atoms with Crippen LogP contribution in [0.1, 0.15) is 31.2 Å². The first kappa shape index (κ1) is 20.1. The van der Waals surface area contributed by atoms with Crippen LogP contribution < -0.4 is 10.6 Å². The topological polar surface area (TPSA) is 76.0 Å². The Balaban J connectivity index is 1.45. The Labute approximate surface area is 188 Å². The third kappa shape index (κ3) is 4.55. The summed E-state index contributed by atoms with van der Waals surface area (Å²) in [6, 6.07) is 7.83. The molecule has 0 bridgehead atoms. The van der Waals surface area contributed by atoms with Crippen LogP contribution in [0.15, 0.2) is 43.0 Å². The second-order valence-corrected chi connectivity index (χ2v) is 10.7. The Kier molecular flexibility index (Phi) is 6.03. The van der Waals surface area contributed by atoms with Crippen molar-refractivity contribution in [3.8, 4) is 0 Å². The predicted octanol–water partition coefficient (Wildman–Crippen LogP) is 3.17. The van der Waals surface area contributed by atoms with E-state index in [0.717, 1.165) is 42.2 Å². The van der Waals surface area contributed by atoms with Gasteiger partial charge in [-0.2, -0.15) is 0 Å². The zero-order valence-corrected chi connectivity index (χ0v) is 19.6. The minimum atomic E-state index is -0.0891. The van der Waals surface area contributed by atoms with Crippen molar-refractivity contribution in [2.75, 3.05) is 11.9 Å². The summed E-state index contributed by atoms with van der Waals surface area (Å²) in [6.07, 6.45) is 8.21. The number of anilines is 1. The normalized spacial score (nSPS) is 14.1. The van der Waals surface area contributed by atoms with Gasteiger partial charge < -0.3 is 0 Å². The number of nitrogens with zero attached hydrogens (tertiary/aromatic N) is 2. The third-order valence-corrected chi connectivity index (χ3v) is 7.43. The summed E-state index contributed by atoms with van der Waals surface area (Å²) in [4.78, 5) is 29.0. The quantitative estimate of drug-likeness (QED) is 0.209. The van der Waals surface area contributed by atoms with Gasteiger partial charge in [-0.05, 0) is 0 Å². The van der Waals surface area contributed by atoms with Crippen LogP contribution in [-0.2, 0) is 11.3 Å². The molecule has 0 radical (unpaired) electrons. The van der Waals surface area contributed by atoms with E-state index in [1.165, 1.54) is 0 Å². The first-order valence-electron chi connectivity index (χ1n) is 9.18. The SMILES string of the molecule is Cc1[se]c(/C=C2\C(=O)Nc3ccc(I)cc32)cc1C(=O)NCCCn1ccnc1. The number of hydrogen-bond acceptors (Lipinski definition) is 3. The summed E-state index contributed by atoms with van der Waals surface area (Å²) in [5, 5.41) is 5.91. The first-order chi connectivity index (χ1) is 14.0. The van der Waals surface area contributed by atoms with Gasteiger partial charge in [-0.3, -0.25) is 0 Å². The number of amides is 2. The molecule has 0 fully saturated rings. The van der Waals surface area contributed by atoms with Gasteiger partial charge in [-0.25, -0.2) is 0 Å². The molecular weight excluding hydrogens is 546 g/mol. The van der Waals surface area contributed by atoms with Gasteiger partial charge in [0.15, 0.2) is 0 Å². The molecule has 0 spiro atoms. The van der Waals surface area contributed by atoms with Crippen LogP contribution >= 0.6 is 22.6 Å². The van der Waals surface area contributed by atoms with Crippen molar-refractivity contribution in [1.29, 1.82) is 0 Å². The number of aryl methyl sites for hydroxylation is 2. The Bertz CT molecular complexity index is 1100. The number of rotatable bonds is 6. The molecule has 148 valence electrons. The van der Waals surface area contributed by atoms with Crippen molar-refractivity contribution < 1.29 is 9.59 Å². The standard InChI is InChI=1S/C21H19IN4O2Se/c1-13-16(20(27)24-5-2-7-26-8-6-23-12-26)10-15(29-13)11-18-17-9-14(22)3-4-19(17)25-21(18)28/h3-4,6,8-12H,2,5,7H2,1H3,(H,24,27)(H,25,28)/b18-11-. The van der Waals surface area contributed by atoms with Crippen molar-refractivity contribution in [3.63, 3.8) is 0 Å². The maximum absolute atomic E-state index is 12.6. The molecule has 3 heterocycles. The molecule has 1 aliphatic heterocycles. The van der Waals surface area contributed by atoms with Crippen molar-refractivity contribution in [2.45, 2.75) is 19.9 Å². The first-order valence-corrected chi connectivity index (χ1v) is 12.0. The Hall–Kier alpha value is -2.16. The van der Waals surface area contributed by atoms with Crippen molar-refractivity contribution >= 4 is 66.2 Å². The van der Waals surface area contributed by atoms with Crippen molar-refractivity contribution in [3.05, 3.63) is 66.6 Å². The number of imidazole rings is 1. The van der Waals surface area contributed by atoms with Crippen molar-refractivity contribution in [2.24, 2.45) is 0 Å². The fourth-order valence-electron chi connectivity index (χ4n) is 3.23. The number of hydrogen-bond donors (Lipinski definition) is 2. The van der Waals surface area contributed by atoms with Crippen LogP contribution in [0.4, 0.5) is 5.69 Å². The second-order valence-electron chi connectivity index (χ2n) is 6.73. The third-order valence-electron chi connectivity index (χ3n) is 4.67. The second kappa shape index (κ2) is 8.69. The molecule has 6 nitrogen and oxygen atoms in total. The Morgan fingerprint density at radius 2 is 2.24 bits per heavy atom. The van der Waals surface area contributed by atoms with E-state index in [9.17, 15) is 9.59 Å². The molecule has 2 amide bonds. The molecule has 2 N–H and O–H groups in total. The Morgan fingerprint density at radius 3 is 3.03 bits per heavy atom. The van der Waals surface area contributed by atoms with E-state index in [1.54, 1.807) is 12.5 Å². The number of fused-ring (bicyclic) bond motifs is 1. The van der Waals surface area contributed by atoms with E-state index in [2.05, 4.69) is 38.2 Å². The zero-order chi connectivity index (χ0) is 20.4. The molecule has 2 aromatic heterocycles. The summed E-state index contributed by atoms with van der Waals surface area (Å²) >= 11 is 2.29. The monoisotopic (exact) mass is 566 g/mol. The maximum atomic E-state index is 12.6. The molecule has 4 rings (SSSR count). The number of carbonyl (C=O) groups excluding carboxylic acids is 2. The summed E-state index contributed by atoms with van der Waals surface area (Å²) in [6.45, 7) is 3.43. The fourth-order valence-corrected chi connectivity index (χ4v) is 5.75. The molecule has 29 heavy (non-hydrogen) atoms. The van der Waals surface area contributed by atoms with E-state index in [-0.39, 0.29) is 26.3 Å². The number of nitrogens with one attached hydrogen (secondary N) is 2. The molecule has 0 saturated carbocycles. The molecule has 8 heteroatoms. The number of halogens is 1. The van der Waals surface area contributed by atoms with Crippen LogP contribution in [-0.4, -0.2) is 42.4 Å². The van der Waals surface area contributed by atoms with Gasteiger partial charge in [0, 0.05) is 0 Å². The van der Waals surface area contributed by atoms with Crippen LogP contribution in [0, 0.1) is 10.5 Å². The average Bonchev–Trinajstić information content (AvgIpc) is 3.40. The van der Waals surface area contributed by atoms with Gasteiger partial charge in [0.25, 0.3) is 0 Å². The molecule has 0 atom stereocenters. The van der Waals surface area contributed by atoms with Crippen LogP contribution in [0.25, 0.3) is 11.6 Å². The van der Waals surface area contributed by atoms with Crippen LogP contribution in [0.3, 0.4) is 0 Å². The number of benzene rings is 1. The predicted molar refractivity (Wildman–Crippen MR) is 123 cm³/mol. The van der Waals surface area contributed by atoms with Gasteiger partial charge >= 0.3 is 189 Å². The van der Waals surface area contributed by atoms with E-state index in [0.29, 0.717) is 12.1 Å². The van der Waals surface area contributed by atoms with E-state index >= 15 is 0 Å². The summed E-state index contributed by atoms with van der Waals surface area (Å²) < 4.78 is 5.19. The fraction of sp³-hybridized carbons (Fsp3) is 0.190. The molecule has 1 aromatic carbocycles. The number of carbonyl (C=O) groups is 2. The van der Waals surface area contributed by atoms with Gasteiger partial charge in [-0.1, -0.05) is 0 Å². The number of aromatic nitrogens is 2. The molecular formula is C21H19IN4O2Se. The van der Waals surface area contributed by atoms with Gasteiger partial charge in [0.1, 0.15) is 0 Å². The van der Waals surface area contributed by atoms with E-state index in [4.69, 9.17) is 0 Å². The minimum absolute atomic E-state index is 0.0431. The van der Waals surface area contributed by atoms with Gasteiger partial charge in [0.05, 0.1) is 0 Å². The summed E-state index contributed by atoms with van der Waals surface area (Å²) in [5.41, 5.74) is 3.16. The van der Waals surface area contributed by atoms with E-state index < -0.39 is 0 Å². The average molecular weight is 565 g/mol. The van der Waals surface area contributed by atoms with E-state index in [1.807, 2.05) is 48.0 Å². The van der Waals surface area contributed by atoms with Crippen LogP contribution in [0.2, 0.25) is 0 Å². The Morgan fingerprint density at radius 1 is 1.38 bits per heavy atom. The molecule has 3 aromatic rings. The van der Waals surface area contributed by atoms with Crippen LogP contribution in [0.5, 0.6) is 0 Å². The zero-order valence-electron chi connectivity index (χ0n) is 15.7. The molecule has 0 unspecified atom stereocenters. The molecule has 1 aliphatic rings. The summed E-state index contributed by atoms with van der Waals surface area (Å²) in [5.74, 6) is -0.136. The van der Waals surface area contributed by atoms with Gasteiger partial charge in [0.2, 0.25) is 0 Å².